The zero-order valence-electron chi connectivity index (χ0n) is 10.3. The molecule has 94 valence electrons. The average molecular weight is 281 g/mol. The van der Waals surface area contributed by atoms with Gasteiger partial charge in [0.05, 0.1) is 12.5 Å². The quantitative estimate of drug-likeness (QED) is 0.720. The third-order valence-electron chi connectivity index (χ3n) is 2.99. The van der Waals surface area contributed by atoms with Crippen LogP contribution in [-0.2, 0) is 0 Å². The minimum absolute atomic E-state index is 0.199. The number of rotatable bonds is 3. The van der Waals surface area contributed by atoms with Crippen LogP contribution in [0, 0.1) is 6.92 Å². The summed E-state index contributed by atoms with van der Waals surface area (Å²) in [5.41, 5.74) is 3.09. The Morgan fingerprint density at radius 3 is 2.33 bits per heavy atom. The third-order valence-corrected chi connectivity index (χ3v) is 3.89. The van der Waals surface area contributed by atoms with Gasteiger partial charge in [0.25, 0.3) is 0 Å². The van der Waals surface area contributed by atoms with E-state index in [4.69, 9.17) is 27.9 Å². The van der Waals surface area contributed by atoms with Gasteiger partial charge in [-0.05, 0) is 41.8 Å². The molecule has 0 bridgehead atoms. The second-order valence-corrected chi connectivity index (χ2v) is 4.93. The normalized spacial score (nSPS) is 12.2. The smallest absolute Gasteiger partial charge is 0.118 e. The van der Waals surface area contributed by atoms with E-state index in [2.05, 4.69) is 0 Å². The highest BCUT2D eigenvalue weighted by Crippen LogP contribution is 2.34. The number of hydrogen-bond acceptors (Lipinski definition) is 1. The highest BCUT2D eigenvalue weighted by molar-refractivity contribution is 6.31. The molecule has 3 heteroatoms. The number of ether oxygens (including phenoxy) is 1. The van der Waals surface area contributed by atoms with E-state index in [0.717, 1.165) is 27.5 Å². The summed E-state index contributed by atoms with van der Waals surface area (Å²) in [6, 6.07) is 13.5. The lowest BCUT2D eigenvalue weighted by atomic mass is 10.00. The topological polar surface area (TPSA) is 9.23 Å². The molecule has 0 amide bonds. The van der Waals surface area contributed by atoms with Crippen LogP contribution in [0.3, 0.4) is 0 Å². The SMILES string of the molecule is COc1ccc(C(Cl)c2cccc(Cl)c2C)cc1. The molecule has 2 rings (SSSR count). The van der Waals surface area contributed by atoms with Crippen molar-refractivity contribution >= 4 is 23.2 Å². The van der Waals surface area contributed by atoms with E-state index in [1.807, 2.05) is 49.4 Å². The molecule has 1 atom stereocenters. The molecule has 0 fully saturated rings. The van der Waals surface area contributed by atoms with Crippen molar-refractivity contribution in [1.82, 2.24) is 0 Å². The molecule has 0 aliphatic carbocycles. The van der Waals surface area contributed by atoms with E-state index in [-0.39, 0.29) is 5.38 Å². The van der Waals surface area contributed by atoms with E-state index in [9.17, 15) is 0 Å². The highest BCUT2D eigenvalue weighted by atomic mass is 35.5. The molecular weight excluding hydrogens is 267 g/mol. The number of alkyl halides is 1. The lowest BCUT2D eigenvalue weighted by Crippen LogP contribution is -1.97. The van der Waals surface area contributed by atoms with Crippen LogP contribution >= 0.6 is 23.2 Å². The summed E-state index contributed by atoms with van der Waals surface area (Å²) in [5, 5.41) is 0.543. The van der Waals surface area contributed by atoms with Crippen molar-refractivity contribution < 1.29 is 4.74 Å². The summed E-state index contributed by atoms with van der Waals surface area (Å²) in [6.45, 7) is 1.98. The van der Waals surface area contributed by atoms with E-state index in [1.54, 1.807) is 7.11 Å². The van der Waals surface area contributed by atoms with Gasteiger partial charge in [-0.2, -0.15) is 0 Å². The van der Waals surface area contributed by atoms with E-state index < -0.39 is 0 Å². The van der Waals surface area contributed by atoms with Gasteiger partial charge < -0.3 is 4.74 Å². The number of methoxy groups -OCH3 is 1. The summed E-state index contributed by atoms with van der Waals surface area (Å²) in [4.78, 5) is 0. The van der Waals surface area contributed by atoms with Gasteiger partial charge in [0.15, 0.2) is 0 Å². The van der Waals surface area contributed by atoms with Crippen molar-refractivity contribution in [3.63, 3.8) is 0 Å². The van der Waals surface area contributed by atoms with Crippen LogP contribution in [0.15, 0.2) is 42.5 Å². The number of hydrogen-bond donors (Lipinski definition) is 0. The van der Waals surface area contributed by atoms with Crippen LogP contribution in [0.1, 0.15) is 22.1 Å². The first-order chi connectivity index (χ1) is 8.63. The number of benzene rings is 2. The van der Waals surface area contributed by atoms with Crippen molar-refractivity contribution in [2.45, 2.75) is 12.3 Å². The van der Waals surface area contributed by atoms with Crippen LogP contribution in [0.5, 0.6) is 5.75 Å². The minimum Gasteiger partial charge on any atom is -0.497 e. The molecule has 0 radical (unpaired) electrons. The van der Waals surface area contributed by atoms with Crippen LogP contribution in [0.2, 0.25) is 5.02 Å². The summed E-state index contributed by atoms with van der Waals surface area (Å²) < 4.78 is 5.13. The summed E-state index contributed by atoms with van der Waals surface area (Å²) >= 11 is 12.6. The minimum atomic E-state index is -0.199. The Hall–Kier alpha value is -1.18. The van der Waals surface area contributed by atoms with Gasteiger partial charge in [0.2, 0.25) is 0 Å². The summed E-state index contributed by atoms with van der Waals surface area (Å²) in [7, 11) is 1.65. The summed E-state index contributed by atoms with van der Waals surface area (Å²) in [5.74, 6) is 0.824. The second kappa shape index (κ2) is 5.64. The Kier molecular flexibility index (Phi) is 4.15. The first kappa shape index (κ1) is 13.3. The van der Waals surface area contributed by atoms with Gasteiger partial charge in [-0.1, -0.05) is 35.9 Å². The predicted octanol–water partition coefficient (Wildman–Crippen LogP) is 4.99. The lowest BCUT2D eigenvalue weighted by Gasteiger charge is -2.14. The van der Waals surface area contributed by atoms with Gasteiger partial charge in [0, 0.05) is 5.02 Å². The predicted molar refractivity (Wildman–Crippen MR) is 76.9 cm³/mol. The maximum absolute atomic E-state index is 6.50. The molecule has 0 aliphatic heterocycles. The molecule has 18 heavy (non-hydrogen) atoms. The molecule has 0 aliphatic rings. The van der Waals surface area contributed by atoms with Crippen LogP contribution in [0.25, 0.3) is 0 Å². The third kappa shape index (κ3) is 2.63. The Bertz CT molecular complexity index is 535. The molecule has 0 spiro atoms. The zero-order chi connectivity index (χ0) is 13.1. The molecule has 0 heterocycles. The Morgan fingerprint density at radius 2 is 1.72 bits per heavy atom. The van der Waals surface area contributed by atoms with Gasteiger partial charge in [-0.15, -0.1) is 11.6 Å². The standard InChI is InChI=1S/C15H14Cl2O/c1-10-13(4-3-5-14(10)16)15(17)11-6-8-12(18-2)9-7-11/h3-9,15H,1-2H3. The number of halogens is 2. The largest absolute Gasteiger partial charge is 0.497 e. The molecule has 1 unspecified atom stereocenters. The fraction of sp³-hybridized carbons (Fsp3) is 0.200. The van der Waals surface area contributed by atoms with Crippen molar-refractivity contribution in [2.24, 2.45) is 0 Å². The molecule has 0 saturated heterocycles. The van der Waals surface area contributed by atoms with Crippen molar-refractivity contribution in [2.75, 3.05) is 7.11 Å². The Morgan fingerprint density at radius 1 is 1.06 bits per heavy atom. The van der Waals surface area contributed by atoms with Crippen molar-refractivity contribution in [3.8, 4) is 5.75 Å². The molecule has 0 aromatic heterocycles. The zero-order valence-corrected chi connectivity index (χ0v) is 11.8. The monoisotopic (exact) mass is 280 g/mol. The first-order valence-corrected chi connectivity index (χ1v) is 6.48. The van der Waals surface area contributed by atoms with Crippen LogP contribution < -0.4 is 4.74 Å². The molecule has 0 saturated carbocycles. The highest BCUT2D eigenvalue weighted by Gasteiger charge is 2.14. The Labute approximate surface area is 117 Å². The maximum Gasteiger partial charge on any atom is 0.118 e. The fourth-order valence-electron chi connectivity index (χ4n) is 1.85. The van der Waals surface area contributed by atoms with E-state index >= 15 is 0 Å². The molecule has 0 N–H and O–H groups in total. The van der Waals surface area contributed by atoms with Gasteiger partial charge >= 0.3 is 0 Å². The van der Waals surface area contributed by atoms with Gasteiger partial charge in [-0.25, -0.2) is 0 Å². The Balaban J connectivity index is 2.35. The molecule has 2 aromatic rings. The molecule has 1 nitrogen and oxygen atoms in total. The lowest BCUT2D eigenvalue weighted by molar-refractivity contribution is 0.414. The summed E-state index contributed by atoms with van der Waals surface area (Å²) in [6.07, 6.45) is 0. The first-order valence-electron chi connectivity index (χ1n) is 5.66. The van der Waals surface area contributed by atoms with Gasteiger partial charge in [0.1, 0.15) is 5.75 Å². The van der Waals surface area contributed by atoms with Crippen LogP contribution in [-0.4, -0.2) is 7.11 Å². The van der Waals surface area contributed by atoms with Crippen LogP contribution in [0.4, 0.5) is 0 Å². The van der Waals surface area contributed by atoms with E-state index in [1.165, 1.54) is 0 Å². The van der Waals surface area contributed by atoms with Gasteiger partial charge in [-0.3, -0.25) is 0 Å². The molecular formula is C15H14Cl2O. The second-order valence-electron chi connectivity index (χ2n) is 4.09. The molecule has 2 aromatic carbocycles. The average Bonchev–Trinajstić information content (AvgIpc) is 2.41. The van der Waals surface area contributed by atoms with Crippen molar-refractivity contribution in [3.05, 3.63) is 64.2 Å². The maximum atomic E-state index is 6.50. The fourth-order valence-corrected chi connectivity index (χ4v) is 2.41. The van der Waals surface area contributed by atoms with Crippen molar-refractivity contribution in [1.29, 1.82) is 0 Å². The van der Waals surface area contributed by atoms with E-state index in [0.29, 0.717) is 0 Å².